The molecule has 0 aliphatic heterocycles. The number of carbonyl (C=O) groups is 1. The molecule has 0 aliphatic carbocycles. The normalized spacial score (nSPS) is 11.1. The molecule has 0 rings (SSSR count). The number of halogens is 1. The number of hydrogen-bond donors (Lipinski definition) is 0. The molecule has 0 aromatic heterocycles. The summed E-state index contributed by atoms with van der Waals surface area (Å²) < 4.78 is 5.57. The first-order valence-electron chi connectivity index (χ1n) is 9.50. The van der Waals surface area contributed by atoms with E-state index in [1.807, 2.05) is 0 Å². The highest BCUT2D eigenvalue weighted by molar-refractivity contribution is 9.09. The van der Waals surface area contributed by atoms with Crippen molar-refractivity contribution in [1.29, 1.82) is 0 Å². The fourth-order valence-electron chi connectivity index (χ4n) is 2.78. The summed E-state index contributed by atoms with van der Waals surface area (Å²) in [4.78, 5) is 11.5. The molecule has 0 fully saturated rings. The first kappa shape index (κ1) is 21.9. The van der Waals surface area contributed by atoms with E-state index in [2.05, 4.69) is 29.8 Å². The lowest BCUT2D eigenvalue weighted by Gasteiger charge is -2.17. The quantitative estimate of drug-likeness (QED) is 0.168. The van der Waals surface area contributed by atoms with E-state index in [9.17, 15) is 4.79 Å². The molecule has 0 spiro atoms. The molecule has 3 heteroatoms. The van der Waals surface area contributed by atoms with Gasteiger partial charge in [0.05, 0.1) is 0 Å². The van der Waals surface area contributed by atoms with Crippen molar-refractivity contribution in [2.75, 3.05) is 5.33 Å². The fourth-order valence-corrected chi connectivity index (χ4v) is 2.92. The van der Waals surface area contributed by atoms with Crippen LogP contribution in [-0.4, -0.2) is 17.4 Å². The lowest BCUT2D eigenvalue weighted by atomic mass is 10.0. The zero-order valence-corrected chi connectivity index (χ0v) is 16.5. The van der Waals surface area contributed by atoms with Crippen molar-refractivity contribution in [3.8, 4) is 0 Å². The van der Waals surface area contributed by atoms with Gasteiger partial charge >= 0.3 is 5.97 Å². The Kier molecular flexibility index (Phi) is 17.3. The summed E-state index contributed by atoms with van der Waals surface area (Å²) in [5.74, 6) is -0.109. The van der Waals surface area contributed by atoms with E-state index in [-0.39, 0.29) is 12.1 Å². The van der Waals surface area contributed by atoms with Gasteiger partial charge in [-0.15, -0.1) is 0 Å². The molecular formula is C19H37BrO2. The average molecular weight is 377 g/mol. The molecule has 0 heterocycles. The van der Waals surface area contributed by atoms with Crippen LogP contribution < -0.4 is 0 Å². The first-order chi connectivity index (χ1) is 10.7. The zero-order chi connectivity index (χ0) is 16.5. The van der Waals surface area contributed by atoms with Gasteiger partial charge in [-0.1, -0.05) is 94.0 Å². The Labute approximate surface area is 146 Å². The summed E-state index contributed by atoms with van der Waals surface area (Å²) in [7, 11) is 0. The molecule has 0 radical (unpaired) electrons. The molecule has 0 aromatic rings. The Morgan fingerprint density at radius 3 is 1.59 bits per heavy atom. The Bertz CT molecular complexity index is 228. The minimum absolute atomic E-state index is 0.109. The summed E-state index contributed by atoms with van der Waals surface area (Å²) in [6, 6.07) is 0. The molecule has 0 unspecified atom stereocenters. The Morgan fingerprint density at radius 2 is 1.18 bits per heavy atom. The molecule has 22 heavy (non-hydrogen) atoms. The largest absolute Gasteiger partial charge is 0.462 e. The molecule has 0 bridgehead atoms. The minimum Gasteiger partial charge on any atom is -0.462 e. The standard InChI is InChI=1S/C19H37BrO2/c1-3-5-7-9-11-13-15-18(22-19(21)17-20)16-14-12-10-8-6-4-2/h18H,3-17H2,1-2H3. The molecule has 2 nitrogen and oxygen atoms in total. The van der Waals surface area contributed by atoms with Gasteiger partial charge in [-0.05, 0) is 25.7 Å². The number of ether oxygens (including phenoxy) is 1. The summed E-state index contributed by atoms with van der Waals surface area (Å²) in [5, 5.41) is 0.316. The monoisotopic (exact) mass is 376 g/mol. The number of hydrogen-bond acceptors (Lipinski definition) is 2. The van der Waals surface area contributed by atoms with Crippen molar-refractivity contribution < 1.29 is 9.53 Å². The molecule has 0 aliphatic rings. The van der Waals surface area contributed by atoms with Gasteiger partial charge in [-0.25, -0.2) is 0 Å². The number of alkyl halides is 1. The Balaban J connectivity index is 3.77. The number of rotatable bonds is 16. The Hall–Kier alpha value is -0.0500. The van der Waals surface area contributed by atoms with E-state index in [1.54, 1.807) is 0 Å². The smallest absolute Gasteiger partial charge is 0.316 e. The molecule has 132 valence electrons. The maximum atomic E-state index is 11.5. The van der Waals surface area contributed by atoms with Crippen LogP contribution in [0.3, 0.4) is 0 Å². The molecule has 0 atom stereocenters. The van der Waals surface area contributed by atoms with Crippen molar-refractivity contribution in [3.05, 3.63) is 0 Å². The highest BCUT2D eigenvalue weighted by Crippen LogP contribution is 2.17. The van der Waals surface area contributed by atoms with Crippen LogP contribution in [0.2, 0.25) is 0 Å². The minimum atomic E-state index is -0.109. The summed E-state index contributed by atoms with van der Waals surface area (Å²) in [5.41, 5.74) is 0. The average Bonchev–Trinajstić information content (AvgIpc) is 2.53. The van der Waals surface area contributed by atoms with Gasteiger partial charge in [-0.2, -0.15) is 0 Å². The van der Waals surface area contributed by atoms with E-state index in [0.29, 0.717) is 5.33 Å². The second-order valence-corrected chi connectivity index (χ2v) is 6.92. The number of unbranched alkanes of at least 4 members (excludes halogenated alkanes) is 10. The zero-order valence-electron chi connectivity index (χ0n) is 14.9. The van der Waals surface area contributed by atoms with E-state index >= 15 is 0 Å². The molecule has 0 amide bonds. The predicted octanol–water partition coefficient (Wildman–Crippen LogP) is 6.79. The van der Waals surface area contributed by atoms with Crippen LogP contribution in [0.15, 0.2) is 0 Å². The van der Waals surface area contributed by atoms with Gasteiger partial charge in [0.15, 0.2) is 0 Å². The molecule has 0 saturated heterocycles. The first-order valence-corrected chi connectivity index (χ1v) is 10.6. The van der Waals surface area contributed by atoms with Gasteiger partial charge in [-0.3, -0.25) is 4.79 Å². The van der Waals surface area contributed by atoms with Crippen LogP contribution in [0.1, 0.15) is 104 Å². The third-order valence-electron chi connectivity index (χ3n) is 4.17. The van der Waals surface area contributed by atoms with Gasteiger partial charge in [0.25, 0.3) is 0 Å². The molecule has 0 saturated carbocycles. The maximum absolute atomic E-state index is 11.5. The lowest BCUT2D eigenvalue weighted by molar-refractivity contribution is -0.146. The summed E-state index contributed by atoms with van der Waals surface area (Å²) in [6.07, 6.45) is 17.8. The lowest BCUT2D eigenvalue weighted by Crippen LogP contribution is -2.19. The van der Waals surface area contributed by atoms with Crippen LogP contribution in [0, 0.1) is 0 Å². The second-order valence-electron chi connectivity index (χ2n) is 6.36. The SMILES string of the molecule is CCCCCCCCC(CCCCCCCC)OC(=O)CBr. The van der Waals surface area contributed by atoms with Crippen LogP contribution in [0.4, 0.5) is 0 Å². The number of esters is 1. The summed E-state index contributed by atoms with van der Waals surface area (Å²) >= 11 is 3.19. The van der Waals surface area contributed by atoms with Crippen molar-refractivity contribution in [2.45, 2.75) is 110 Å². The fraction of sp³-hybridized carbons (Fsp3) is 0.947. The number of carbonyl (C=O) groups excluding carboxylic acids is 1. The van der Waals surface area contributed by atoms with E-state index in [4.69, 9.17) is 4.74 Å². The molecule has 0 aromatic carbocycles. The van der Waals surface area contributed by atoms with Crippen molar-refractivity contribution in [3.63, 3.8) is 0 Å². The molecular weight excluding hydrogens is 340 g/mol. The maximum Gasteiger partial charge on any atom is 0.316 e. The van der Waals surface area contributed by atoms with Crippen LogP contribution in [0.25, 0.3) is 0 Å². The van der Waals surface area contributed by atoms with Gasteiger partial charge in [0.2, 0.25) is 0 Å². The highest BCUT2D eigenvalue weighted by atomic mass is 79.9. The third-order valence-corrected chi connectivity index (χ3v) is 4.62. The molecule has 0 N–H and O–H groups in total. The van der Waals surface area contributed by atoms with Crippen molar-refractivity contribution in [1.82, 2.24) is 0 Å². The van der Waals surface area contributed by atoms with Crippen LogP contribution >= 0.6 is 15.9 Å². The van der Waals surface area contributed by atoms with Crippen molar-refractivity contribution >= 4 is 21.9 Å². The van der Waals surface area contributed by atoms with Crippen LogP contribution in [-0.2, 0) is 9.53 Å². The highest BCUT2D eigenvalue weighted by Gasteiger charge is 2.13. The van der Waals surface area contributed by atoms with E-state index in [0.717, 1.165) is 12.8 Å². The summed E-state index contributed by atoms with van der Waals surface area (Å²) in [6.45, 7) is 4.49. The topological polar surface area (TPSA) is 26.3 Å². The van der Waals surface area contributed by atoms with Gasteiger partial charge < -0.3 is 4.74 Å². The van der Waals surface area contributed by atoms with Gasteiger partial charge in [0, 0.05) is 0 Å². The van der Waals surface area contributed by atoms with Crippen LogP contribution in [0.5, 0.6) is 0 Å². The van der Waals surface area contributed by atoms with Gasteiger partial charge in [0.1, 0.15) is 11.4 Å². The van der Waals surface area contributed by atoms with Crippen molar-refractivity contribution in [2.24, 2.45) is 0 Å². The predicted molar refractivity (Wildman–Crippen MR) is 99.7 cm³/mol. The Morgan fingerprint density at radius 1 is 0.773 bits per heavy atom. The van der Waals surface area contributed by atoms with E-state index in [1.165, 1.54) is 77.0 Å². The van der Waals surface area contributed by atoms with E-state index < -0.39 is 0 Å². The third kappa shape index (κ3) is 14.9. The second kappa shape index (κ2) is 17.3.